The fourth-order valence-corrected chi connectivity index (χ4v) is 1.20. The predicted octanol–water partition coefficient (Wildman–Crippen LogP) is 2.52. The van der Waals surface area contributed by atoms with Gasteiger partial charge in [0.05, 0.1) is 5.69 Å². The molecule has 0 aromatic heterocycles. The second kappa shape index (κ2) is 5.67. The number of hydrogen-bond donors (Lipinski definition) is 1. The van der Waals surface area contributed by atoms with E-state index in [9.17, 15) is 4.39 Å². The van der Waals surface area contributed by atoms with Crippen LogP contribution in [0, 0.1) is 29.5 Å². The van der Waals surface area contributed by atoms with Crippen LogP contribution in [0.3, 0.4) is 0 Å². The average molecular weight is 202 g/mol. The molecule has 1 rings (SSSR count). The first kappa shape index (κ1) is 11.1. The molecule has 3 heteroatoms. The first-order valence-electron chi connectivity index (χ1n) is 4.65. The van der Waals surface area contributed by atoms with Gasteiger partial charge in [-0.3, -0.25) is 0 Å². The Balaban J connectivity index is 2.66. The van der Waals surface area contributed by atoms with Crippen molar-refractivity contribution in [3.63, 3.8) is 0 Å². The van der Waals surface area contributed by atoms with Crippen molar-refractivity contribution < 1.29 is 4.39 Å². The molecule has 76 valence electrons. The number of nitriles is 1. The number of hydrogen-bond acceptors (Lipinski definition) is 2. The molecule has 15 heavy (non-hydrogen) atoms. The van der Waals surface area contributed by atoms with Crippen LogP contribution in [0.1, 0.15) is 18.4 Å². The SMILES string of the molecule is C#CCCCNc1cccc(F)c1C#N. The van der Waals surface area contributed by atoms with E-state index in [1.807, 2.05) is 6.07 Å². The first-order valence-corrected chi connectivity index (χ1v) is 4.65. The smallest absolute Gasteiger partial charge is 0.143 e. The van der Waals surface area contributed by atoms with E-state index in [1.54, 1.807) is 12.1 Å². The molecule has 0 amide bonds. The molecule has 0 atom stereocenters. The number of nitrogens with zero attached hydrogens (tertiary/aromatic N) is 1. The Bertz CT molecular complexity index is 413. The summed E-state index contributed by atoms with van der Waals surface area (Å²) in [7, 11) is 0. The summed E-state index contributed by atoms with van der Waals surface area (Å²) in [6.45, 7) is 0.641. The maximum Gasteiger partial charge on any atom is 0.143 e. The van der Waals surface area contributed by atoms with Gasteiger partial charge in [0, 0.05) is 13.0 Å². The highest BCUT2D eigenvalue weighted by atomic mass is 19.1. The predicted molar refractivity (Wildman–Crippen MR) is 57.7 cm³/mol. The molecule has 0 fully saturated rings. The molecule has 0 unspecified atom stereocenters. The van der Waals surface area contributed by atoms with Gasteiger partial charge >= 0.3 is 0 Å². The third kappa shape index (κ3) is 3.00. The number of benzene rings is 1. The van der Waals surface area contributed by atoms with Gasteiger partial charge in [-0.05, 0) is 18.6 Å². The Morgan fingerprint density at radius 2 is 2.27 bits per heavy atom. The van der Waals surface area contributed by atoms with Gasteiger partial charge in [-0.2, -0.15) is 5.26 Å². The molecular weight excluding hydrogens is 191 g/mol. The molecule has 2 nitrogen and oxygen atoms in total. The Labute approximate surface area is 88.7 Å². The summed E-state index contributed by atoms with van der Waals surface area (Å²) in [5, 5.41) is 11.7. The van der Waals surface area contributed by atoms with Crippen molar-refractivity contribution in [2.45, 2.75) is 12.8 Å². The third-order valence-electron chi connectivity index (χ3n) is 1.94. The van der Waals surface area contributed by atoms with Gasteiger partial charge in [0.1, 0.15) is 17.4 Å². The molecule has 0 saturated heterocycles. The number of rotatable bonds is 4. The fraction of sp³-hybridized carbons (Fsp3) is 0.250. The standard InChI is InChI=1S/C12H11FN2/c1-2-3-4-8-15-12-7-5-6-11(13)10(12)9-14/h1,5-7,15H,3-4,8H2. The Morgan fingerprint density at radius 3 is 2.93 bits per heavy atom. The van der Waals surface area contributed by atoms with Gasteiger partial charge < -0.3 is 5.32 Å². The molecule has 0 aliphatic rings. The van der Waals surface area contributed by atoms with Crippen molar-refractivity contribution in [3.8, 4) is 18.4 Å². The molecule has 0 radical (unpaired) electrons. The van der Waals surface area contributed by atoms with Crippen molar-refractivity contribution in [2.24, 2.45) is 0 Å². The number of unbranched alkanes of at least 4 members (excludes halogenated alkanes) is 1. The molecule has 1 aromatic carbocycles. The lowest BCUT2D eigenvalue weighted by Gasteiger charge is -2.07. The maximum absolute atomic E-state index is 13.1. The van der Waals surface area contributed by atoms with Gasteiger partial charge in [0.15, 0.2) is 0 Å². The van der Waals surface area contributed by atoms with Crippen LogP contribution < -0.4 is 5.32 Å². The van der Waals surface area contributed by atoms with Crippen LogP contribution in [0.4, 0.5) is 10.1 Å². The molecule has 0 spiro atoms. The van der Waals surface area contributed by atoms with E-state index in [4.69, 9.17) is 11.7 Å². The zero-order valence-electron chi connectivity index (χ0n) is 8.26. The van der Waals surface area contributed by atoms with Crippen molar-refractivity contribution in [1.82, 2.24) is 0 Å². The highest BCUT2D eigenvalue weighted by molar-refractivity contribution is 5.57. The Hall–Kier alpha value is -2.00. The summed E-state index contributed by atoms with van der Waals surface area (Å²) in [4.78, 5) is 0. The molecule has 0 bridgehead atoms. The summed E-state index contributed by atoms with van der Waals surface area (Å²) >= 11 is 0. The van der Waals surface area contributed by atoms with Gasteiger partial charge in [0.25, 0.3) is 0 Å². The molecular formula is C12H11FN2. The molecule has 0 heterocycles. The topological polar surface area (TPSA) is 35.8 Å². The zero-order valence-corrected chi connectivity index (χ0v) is 8.26. The molecule has 1 aromatic rings. The van der Waals surface area contributed by atoms with Gasteiger partial charge in [0.2, 0.25) is 0 Å². The van der Waals surface area contributed by atoms with Crippen LogP contribution in [0.5, 0.6) is 0 Å². The van der Waals surface area contributed by atoms with Crippen LogP contribution in [0.25, 0.3) is 0 Å². The number of nitrogens with one attached hydrogen (secondary N) is 1. The minimum Gasteiger partial charge on any atom is -0.384 e. The van der Waals surface area contributed by atoms with E-state index in [1.165, 1.54) is 6.07 Å². The summed E-state index contributed by atoms with van der Waals surface area (Å²) < 4.78 is 13.1. The van der Waals surface area contributed by atoms with Crippen molar-refractivity contribution >= 4 is 5.69 Å². The Morgan fingerprint density at radius 1 is 1.47 bits per heavy atom. The van der Waals surface area contributed by atoms with E-state index in [2.05, 4.69) is 11.2 Å². The first-order chi connectivity index (χ1) is 7.29. The largest absolute Gasteiger partial charge is 0.384 e. The monoisotopic (exact) mass is 202 g/mol. The van der Waals surface area contributed by atoms with E-state index in [0.717, 1.165) is 6.42 Å². The molecule has 0 saturated carbocycles. The number of halogens is 1. The highest BCUT2D eigenvalue weighted by Crippen LogP contribution is 2.17. The second-order valence-corrected chi connectivity index (χ2v) is 3.01. The molecule has 0 aliphatic heterocycles. The summed E-state index contributed by atoms with van der Waals surface area (Å²) in [5.41, 5.74) is 0.577. The third-order valence-corrected chi connectivity index (χ3v) is 1.94. The van der Waals surface area contributed by atoms with Crippen LogP contribution in [0.2, 0.25) is 0 Å². The van der Waals surface area contributed by atoms with E-state index < -0.39 is 5.82 Å². The van der Waals surface area contributed by atoms with Crippen molar-refractivity contribution in [2.75, 3.05) is 11.9 Å². The average Bonchev–Trinajstić information content (AvgIpc) is 2.24. The van der Waals surface area contributed by atoms with Crippen LogP contribution in [-0.4, -0.2) is 6.54 Å². The van der Waals surface area contributed by atoms with Crippen molar-refractivity contribution in [1.29, 1.82) is 5.26 Å². The number of terminal acetylenes is 1. The minimum absolute atomic E-state index is 0.0539. The lowest BCUT2D eigenvalue weighted by atomic mass is 10.2. The van der Waals surface area contributed by atoms with Gasteiger partial charge in [-0.1, -0.05) is 6.07 Å². The summed E-state index contributed by atoms with van der Waals surface area (Å²) in [6, 6.07) is 6.34. The van der Waals surface area contributed by atoms with Crippen LogP contribution >= 0.6 is 0 Å². The lowest BCUT2D eigenvalue weighted by Crippen LogP contribution is -2.03. The zero-order chi connectivity index (χ0) is 11.1. The quantitative estimate of drug-likeness (QED) is 0.601. The van der Waals surface area contributed by atoms with E-state index in [-0.39, 0.29) is 5.56 Å². The lowest BCUT2D eigenvalue weighted by molar-refractivity contribution is 0.624. The van der Waals surface area contributed by atoms with E-state index >= 15 is 0 Å². The summed E-state index contributed by atoms with van der Waals surface area (Å²) in [6.07, 6.45) is 6.57. The Kier molecular flexibility index (Phi) is 4.19. The van der Waals surface area contributed by atoms with E-state index in [0.29, 0.717) is 18.7 Å². The van der Waals surface area contributed by atoms with Gasteiger partial charge in [-0.15, -0.1) is 12.3 Å². The van der Waals surface area contributed by atoms with Crippen LogP contribution in [0.15, 0.2) is 18.2 Å². The highest BCUT2D eigenvalue weighted by Gasteiger charge is 2.05. The van der Waals surface area contributed by atoms with Crippen LogP contribution in [-0.2, 0) is 0 Å². The molecule has 1 N–H and O–H groups in total. The molecule has 0 aliphatic carbocycles. The second-order valence-electron chi connectivity index (χ2n) is 3.01. The minimum atomic E-state index is -0.501. The normalized spacial score (nSPS) is 9.00. The summed E-state index contributed by atoms with van der Waals surface area (Å²) in [5.74, 6) is 2.01. The van der Waals surface area contributed by atoms with Gasteiger partial charge in [-0.25, -0.2) is 4.39 Å². The van der Waals surface area contributed by atoms with Crippen molar-refractivity contribution in [3.05, 3.63) is 29.6 Å². The number of anilines is 1. The fourth-order valence-electron chi connectivity index (χ4n) is 1.20. The maximum atomic E-state index is 13.1.